The van der Waals surface area contributed by atoms with E-state index in [2.05, 4.69) is 5.32 Å². The Labute approximate surface area is 281 Å². The highest BCUT2D eigenvalue weighted by Gasteiger charge is 2.37. The van der Waals surface area contributed by atoms with Gasteiger partial charge in [-0.2, -0.15) is 13.2 Å². The van der Waals surface area contributed by atoms with Gasteiger partial charge in [0.15, 0.2) is 6.29 Å². The van der Waals surface area contributed by atoms with Gasteiger partial charge >= 0.3 is 6.18 Å². The van der Waals surface area contributed by atoms with E-state index in [4.69, 9.17) is 0 Å². The van der Waals surface area contributed by atoms with Gasteiger partial charge in [0.2, 0.25) is 5.91 Å². The summed E-state index contributed by atoms with van der Waals surface area (Å²) in [6.45, 7) is 11.2. The zero-order valence-corrected chi connectivity index (χ0v) is 28.4. The fourth-order valence-electron chi connectivity index (χ4n) is 6.56. The lowest BCUT2D eigenvalue weighted by molar-refractivity contribution is -0.138. The van der Waals surface area contributed by atoms with Crippen LogP contribution in [0.25, 0.3) is 11.1 Å². The molecule has 1 saturated heterocycles. The molecular formula is C36H43F6N3O4. The number of aryl methyl sites for hydroxylation is 3. The Hall–Kier alpha value is -3.68. The molecule has 1 unspecified atom stereocenters. The summed E-state index contributed by atoms with van der Waals surface area (Å²) in [6.07, 6.45) is -5.88. The molecule has 0 saturated carbocycles. The lowest BCUT2D eigenvalue weighted by atomic mass is 9.88. The lowest BCUT2D eigenvalue weighted by Crippen LogP contribution is -2.41. The van der Waals surface area contributed by atoms with E-state index in [0.29, 0.717) is 23.7 Å². The first kappa shape index (κ1) is 38.1. The van der Waals surface area contributed by atoms with Crippen LogP contribution in [0.2, 0.25) is 0 Å². The van der Waals surface area contributed by atoms with Gasteiger partial charge in [0.25, 0.3) is 5.56 Å². The van der Waals surface area contributed by atoms with Gasteiger partial charge in [-0.15, -0.1) is 0 Å². The molecule has 3 N–H and O–H groups in total. The number of pyridine rings is 1. The number of halogens is 6. The average Bonchev–Trinajstić information content (AvgIpc) is 2.96. The fourth-order valence-corrected chi connectivity index (χ4v) is 6.56. The van der Waals surface area contributed by atoms with Crippen molar-refractivity contribution >= 4 is 5.91 Å². The molecule has 4 rings (SSSR count). The molecule has 3 aromatic rings. The third kappa shape index (κ3) is 8.38. The van der Waals surface area contributed by atoms with E-state index in [0.717, 1.165) is 30.3 Å². The standard InChI is InChI=1S/C36H43F6N3O4/c1-18(2)12-27(45-17-23(8-11-44-9-7-10-44)25(15-28(45)46)36(40,41)42)35(49)43-26(16-29(47)48)31-33(38)21(5)14-24(34(31)39)30-19(3)13-20(4)32(37)22(30)6/h13-15,17-18,26-27,29,47-48H,7-12,16H2,1-6H3,(H,43,49)/t26-,27?/m0/s1. The second kappa shape index (κ2) is 15.1. The highest BCUT2D eigenvalue weighted by Crippen LogP contribution is 2.39. The number of aromatic nitrogens is 1. The lowest BCUT2D eigenvalue weighted by Gasteiger charge is -2.31. The van der Waals surface area contributed by atoms with E-state index in [1.165, 1.54) is 26.0 Å². The maximum Gasteiger partial charge on any atom is 0.416 e. The topological polar surface area (TPSA) is 94.8 Å². The molecule has 2 heterocycles. The number of benzene rings is 2. The number of carbonyl (C=O) groups excluding carboxylic acids is 1. The van der Waals surface area contributed by atoms with Crippen LogP contribution >= 0.6 is 0 Å². The van der Waals surface area contributed by atoms with Crippen molar-refractivity contribution in [2.45, 2.75) is 91.8 Å². The van der Waals surface area contributed by atoms with Crippen LogP contribution in [0.3, 0.4) is 0 Å². The second-order valence-electron chi connectivity index (χ2n) is 13.4. The molecule has 268 valence electrons. The van der Waals surface area contributed by atoms with Gasteiger partial charge in [0, 0.05) is 36.4 Å². The third-order valence-electron chi connectivity index (χ3n) is 9.12. The number of rotatable bonds is 12. The quantitative estimate of drug-likeness (QED) is 0.147. The van der Waals surface area contributed by atoms with Crippen molar-refractivity contribution in [1.29, 1.82) is 0 Å². The van der Waals surface area contributed by atoms with Gasteiger partial charge in [-0.05, 0) is 105 Å². The monoisotopic (exact) mass is 695 g/mol. The molecule has 2 aromatic carbocycles. The number of nitrogens with zero attached hydrogens (tertiary/aromatic N) is 2. The van der Waals surface area contributed by atoms with Crippen molar-refractivity contribution in [2.75, 3.05) is 19.6 Å². The summed E-state index contributed by atoms with van der Waals surface area (Å²) in [6, 6.07) is 0.0630. The number of alkyl halides is 3. The Kier molecular flexibility index (Phi) is 11.7. The van der Waals surface area contributed by atoms with Gasteiger partial charge in [-0.3, -0.25) is 9.59 Å². The van der Waals surface area contributed by atoms with Crippen molar-refractivity contribution in [2.24, 2.45) is 5.92 Å². The number of aliphatic hydroxyl groups is 2. The Bertz CT molecular complexity index is 1770. The number of amides is 1. The van der Waals surface area contributed by atoms with Gasteiger partial charge in [-0.1, -0.05) is 19.9 Å². The molecule has 1 aromatic heterocycles. The molecule has 1 fully saturated rings. The molecule has 7 nitrogen and oxygen atoms in total. The molecule has 0 aliphatic carbocycles. The predicted octanol–water partition coefficient (Wildman–Crippen LogP) is 6.58. The molecule has 0 radical (unpaired) electrons. The van der Waals surface area contributed by atoms with E-state index in [1.807, 2.05) is 4.90 Å². The van der Waals surface area contributed by atoms with Crippen molar-refractivity contribution in [3.05, 3.63) is 91.1 Å². The number of hydrogen-bond acceptors (Lipinski definition) is 5. The van der Waals surface area contributed by atoms with Crippen LogP contribution in [0, 0.1) is 51.1 Å². The Morgan fingerprint density at radius 2 is 1.55 bits per heavy atom. The number of hydrogen-bond donors (Lipinski definition) is 3. The molecule has 2 atom stereocenters. The van der Waals surface area contributed by atoms with Crippen molar-refractivity contribution in [3.63, 3.8) is 0 Å². The summed E-state index contributed by atoms with van der Waals surface area (Å²) >= 11 is 0. The van der Waals surface area contributed by atoms with E-state index in [-0.39, 0.29) is 46.6 Å². The van der Waals surface area contributed by atoms with Crippen LogP contribution in [0.4, 0.5) is 26.3 Å². The first-order valence-electron chi connectivity index (χ1n) is 16.3. The van der Waals surface area contributed by atoms with Crippen LogP contribution in [0.1, 0.15) is 84.1 Å². The van der Waals surface area contributed by atoms with Gasteiger partial charge in [0.05, 0.1) is 11.6 Å². The summed E-state index contributed by atoms with van der Waals surface area (Å²) in [5.74, 6) is -4.07. The van der Waals surface area contributed by atoms with Gasteiger partial charge < -0.3 is 25.0 Å². The number of nitrogens with one attached hydrogen (secondary N) is 1. The maximum absolute atomic E-state index is 16.5. The average molecular weight is 696 g/mol. The SMILES string of the molecule is Cc1cc(C)c(-c2cc(C)c(F)c([C@H](CC(O)O)NC(=O)C(CC(C)C)n3cc(CCN4CCC4)c(C(F)(F)F)cc3=O)c2F)c(C)c1F. The van der Waals surface area contributed by atoms with E-state index in [1.54, 1.807) is 27.7 Å². The zero-order chi connectivity index (χ0) is 36.5. The molecule has 1 amide bonds. The number of carbonyl (C=O) groups is 1. The summed E-state index contributed by atoms with van der Waals surface area (Å²) in [4.78, 5) is 29.2. The van der Waals surface area contributed by atoms with E-state index < -0.39 is 71.0 Å². The van der Waals surface area contributed by atoms with E-state index in [9.17, 15) is 37.4 Å². The summed E-state index contributed by atoms with van der Waals surface area (Å²) in [7, 11) is 0. The van der Waals surface area contributed by atoms with Crippen LogP contribution in [-0.4, -0.2) is 51.5 Å². The first-order valence-corrected chi connectivity index (χ1v) is 16.3. The van der Waals surface area contributed by atoms with Crippen LogP contribution in [0.15, 0.2) is 29.2 Å². The molecule has 1 aliphatic rings. The minimum absolute atomic E-state index is 0.0363. The molecule has 49 heavy (non-hydrogen) atoms. The van der Waals surface area contributed by atoms with Crippen molar-refractivity contribution in [3.8, 4) is 11.1 Å². The van der Waals surface area contributed by atoms with E-state index >= 15 is 8.78 Å². The molecule has 1 aliphatic heterocycles. The van der Waals surface area contributed by atoms with Gasteiger partial charge in [0.1, 0.15) is 23.5 Å². The normalized spacial score (nSPS) is 15.1. The fraction of sp³-hybridized carbons (Fsp3) is 0.500. The van der Waals surface area contributed by atoms with Gasteiger partial charge in [-0.25, -0.2) is 13.2 Å². The van der Waals surface area contributed by atoms with Crippen LogP contribution in [-0.2, 0) is 17.4 Å². The molecule has 0 spiro atoms. The van der Waals surface area contributed by atoms with Crippen molar-refractivity contribution in [1.82, 2.24) is 14.8 Å². The Morgan fingerprint density at radius 1 is 0.918 bits per heavy atom. The highest BCUT2D eigenvalue weighted by molar-refractivity contribution is 5.81. The minimum Gasteiger partial charge on any atom is -0.368 e. The summed E-state index contributed by atoms with van der Waals surface area (Å²) in [5, 5.41) is 22.4. The summed E-state index contributed by atoms with van der Waals surface area (Å²) in [5.41, 5.74) is -2.23. The minimum atomic E-state index is -4.82. The number of aliphatic hydroxyl groups excluding tert-OH is 1. The maximum atomic E-state index is 16.5. The molecule has 0 bridgehead atoms. The van der Waals surface area contributed by atoms with Crippen LogP contribution in [0.5, 0.6) is 0 Å². The Morgan fingerprint density at radius 3 is 2.10 bits per heavy atom. The second-order valence-corrected chi connectivity index (χ2v) is 13.4. The van der Waals surface area contributed by atoms with Crippen molar-refractivity contribution < 1.29 is 41.4 Å². The predicted molar refractivity (Wildman–Crippen MR) is 173 cm³/mol. The summed E-state index contributed by atoms with van der Waals surface area (Å²) < 4.78 is 90.2. The van der Waals surface area contributed by atoms with Crippen LogP contribution < -0.4 is 10.9 Å². The zero-order valence-electron chi connectivity index (χ0n) is 28.4. The largest absolute Gasteiger partial charge is 0.416 e. The smallest absolute Gasteiger partial charge is 0.368 e. The first-order chi connectivity index (χ1) is 22.8. The third-order valence-corrected chi connectivity index (χ3v) is 9.12. The molecular weight excluding hydrogens is 652 g/mol. The number of likely N-dealkylation sites (tertiary alicyclic amines) is 1. The molecule has 13 heteroatoms. The Balaban J connectivity index is 1.82. The highest BCUT2D eigenvalue weighted by atomic mass is 19.4.